The minimum Gasteiger partial charge on any atom is -0.459 e. The molecule has 3 heterocycles. The third-order valence-electron chi connectivity index (χ3n) is 7.61. The van der Waals surface area contributed by atoms with Gasteiger partial charge in [0.25, 0.3) is 0 Å². The number of carbonyl (C=O) groups excluding carboxylic acids is 2. The Balaban J connectivity index is 1.26. The second kappa shape index (κ2) is 12.9. The summed E-state index contributed by atoms with van der Waals surface area (Å²) in [5.74, 6) is -0.984. The highest BCUT2D eigenvalue weighted by Gasteiger charge is 2.40. The Bertz CT molecular complexity index is 1880. The first-order valence-electron chi connectivity index (χ1n) is 14.5. The zero-order valence-corrected chi connectivity index (χ0v) is 25.5. The number of ether oxygens (including phenoxy) is 3. The maximum atomic E-state index is 13.1. The fourth-order valence-electron chi connectivity index (χ4n) is 5.09. The minimum atomic E-state index is -0.850. The van der Waals surface area contributed by atoms with E-state index in [1.165, 1.54) is 15.9 Å². The highest BCUT2D eigenvalue weighted by molar-refractivity contribution is 7.18. The number of aromatic nitrogens is 2. The number of benzene rings is 3. The average Bonchev–Trinajstić information content (AvgIpc) is 3.69. The van der Waals surface area contributed by atoms with Gasteiger partial charge in [-0.05, 0) is 55.8 Å². The molecule has 9 nitrogen and oxygen atoms in total. The third kappa shape index (κ3) is 6.72. The molecular formula is C35H31N3O6S. The molecule has 3 atom stereocenters. The number of hydrogen-bond acceptors (Lipinski definition) is 9. The standard InChI is InChI=1S/C35H31N3O6S/c1-21-8-12-24(13-9-21)33(39)42-20-28-27(44-34(40)25-14-10-22(2)11-15-25)18-31(43-28)38-19-26(32(36)37-35(38)41)30-17-16-29(45-30)23-6-4-3-5-7-23/h3-17,19,27-28,31H,18,20H2,1-2H3,(H2,36,37,41)/t27-,28+,31-/m0/s1. The van der Waals surface area contributed by atoms with Crippen LogP contribution in [0.25, 0.3) is 20.9 Å². The van der Waals surface area contributed by atoms with Crippen molar-refractivity contribution in [3.63, 3.8) is 0 Å². The van der Waals surface area contributed by atoms with Gasteiger partial charge in [0.2, 0.25) is 0 Å². The summed E-state index contributed by atoms with van der Waals surface area (Å²) in [5.41, 5.74) is 10.0. The topological polar surface area (TPSA) is 123 Å². The normalized spacial score (nSPS) is 17.6. The van der Waals surface area contributed by atoms with Crippen molar-refractivity contribution in [2.45, 2.75) is 38.7 Å². The molecule has 3 aromatic carbocycles. The smallest absolute Gasteiger partial charge is 0.351 e. The van der Waals surface area contributed by atoms with Crippen molar-refractivity contribution in [1.29, 1.82) is 0 Å². The summed E-state index contributed by atoms with van der Waals surface area (Å²) < 4.78 is 19.0. The van der Waals surface area contributed by atoms with Crippen LogP contribution < -0.4 is 11.4 Å². The minimum absolute atomic E-state index is 0.0987. The maximum absolute atomic E-state index is 13.1. The summed E-state index contributed by atoms with van der Waals surface area (Å²) in [5, 5.41) is 0. The predicted octanol–water partition coefficient (Wildman–Crippen LogP) is 6.21. The molecule has 0 radical (unpaired) electrons. The van der Waals surface area contributed by atoms with Crippen LogP contribution in [0.4, 0.5) is 5.82 Å². The van der Waals surface area contributed by atoms with Crippen LogP contribution in [0.2, 0.25) is 0 Å². The Hall–Kier alpha value is -5.06. The molecule has 0 aliphatic carbocycles. The van der Waals surface area contributed by atoms with Gasteiger partial charge in [-0.25, -0.2) is 14.4 Å². The van der Waals surface area contributed by atoms with E-state index in [1.54, 1.807) is 30.5 Å². The Morgan fingerprint density at radius 1 is 0.889 bits per heavy atom. The fraction of sp³-hybridized carbons (Fsp3) is 0.200. The number of nitrogens with two attached hydrogens (primary N) is 1. The van der Waals surface area contributed by atoms with Gasteiger partial charge in [0.15, 0.2) is 0 Å². The van der Waals surface area contributed by atoms with Crippen LogP contribution in [-0.2, 0) is 14.2 Å². The van der Waals surface area contributed by atoms with Crippen LogP contribution in [-0.4, -0.2) is 40.3 Å². The molecule has 0 spiro atoms. The lowest BCUT2D eigenvalue weighted by Crippen LogP contribution is -2.32. The van der Waals surface area contributed by atoms with E-state index < -0.39 is 36.1 Å². The fourth-order valence-corrected chi connectivity index (χ4v) is 6.12. The Labute approximate surface area is 263 Å². The van der Waals surface area contributed by atoms with Crippen LogP contribution in [0.1, 0.15) is 44.5 Å². The van der Waals surface area contributed by atoms with Crippen molar-refractivity contribution in [3.8, 4) is 20.9 Å². The highest BCUT2D eigenvalue weighted by atomic mass is 32.1. The monoisotopic (exact) mass is 621 g/mol. The van der Waals surface area contributed by atoms with E-state index in [9.17, 15) is 14.4 Å². The zero-order valence-electron chi connectivity index (χ0n) is 24.7. The molecule has 0 unspecified atom stereocenters. The van der Waals surface area contributed by atoms with Crippen LogP contribution in [0, 0.1) is 13.8 Å². The highest BCUT2D eigenvalue weighted by Crippen LogP contribution is 2.37. The lowest BCUT2D eigenvalue weighted by atomic mass is 10.1. The Morgan fingerprint density at radius 2 is 1.51 bits per heavy atom. The number of carbonyl (C=O) groups is 2. The quantitative estimate of drug-likeness (QED) is 0.203. The van der Waals surface area contributed by atoms with Crippen molar-refractivity contribution in [1.82, 2.24) is 9.55 Å². The molecule has 6 rings (SSSR count). The Kier molecular flexibility index (Phi) is 8.59. The number of nitrogens with zero attached hydrogens (tertiary/aromatic N) is 2. The molecule has 0 bridgehead atoms. The number of nitrogen functional groups attached to an aromatic ring is 1. The second-order valence-electron chi connectivity index (χ2n) is 10.9. The molecule has 1 aliphatic rings. The molecule has 10 heteroatoms. The van der Waals surface area contributed by atoms with Crippen molar-refractivity contribution >= 4 is 29.1 Å². The van der Waals surface area contributed by atoms with E-state index in [0.29, 0.717) is 16.7 Å². The van der Waals surface area contributed by atoms with Gasteiger partial charge >= 0.3 is 17.6 Å². The predicted molar refractivity (Wildman–Crippen MR) is 172 cm³/mol. The van der Waals surface area contributed by atoms with Gasteiger partial charge in [-0.2, -0.15) is 4.98 Å². The van der Waals surface area contributed by atoms with Crippen LogP contribution in [0.5, 0.6) is 0 Å². The van der Waals surface area contributed by atoms with E-state index >= 15 is 0 Å². The molecule has 228 valence electrons. The van der Waals surface area contributed by atoms with Gasteiger partial charge < -0.3 is 19.9 Å². The van der Waals surface area contributed by atoms with E-state index in [-0.39, 0.29) is 18.8 Å². The van der Waals surface area contributed by atoms with E-state index in [2.05, 4.69) is 4.98 Å². The maximum Gasteiger partial charge on any atom is 0.351 e. The molecular weight excluding hydrogens is 590 g/mol. The summed E-state index contributed by atoms with van der Waals surface area (Å²) in [6, 6.07) is 27.9. The number of aryl methyl sites for hydroxylation is 2. The summed E-state index contributed by atoms with van der Waals surface area (Å²) >= 11 is 1.53. The number of rotatable bonds is 8. The van der Waals surface area contributed by atoms with Crippen LogP contribution in [0.3, 0.4) is 0 Å². The second-order valence-corrected chi connectivity index (χ2v) is 12.0. The van der Waals surface area contributed by atoms with Gasteiger partial charge in [0.1, 0.15) is 30.9 Å². The van der Waals surface area contributed by atoms with E-state index in [4.69, 9.17) is 19.9 Å². The van der Waals surface area contributed by atoms with Gasteiger partial charge in [0.05, 0.1) is 16.7 Å². The van der Waals surface area contributed by atoms with Crippen molar-refractivity contribution in [2.75, 3.05) is 12.3 Å². The lowest BCUT2D eigenvalue weighted by molar-refractivity contribution is -0.0581. The van der Waals surface area contributed by atoms with Gasteiger partial charge in [-0.1, -0.05) is 65.7 Å². The molecule has 5 aromatic rings. The first-order chi connectivity index (χ1) is 21.7. The van der Waals surface area contributed by atoms with Gasteiger partial charge in [-0.15, -0.1) is 11.3 Å². The summed E-state index contributed by atoms with van der Waals surface area (Å²) in [6.45, 7) is 3.66. The van der Waals surface area contributed by atoms with Gasteiger partial charge in [-0.3, -0.25) is 4.57 Å². The average molecular weight is 622 g/mol. The van der Waals surface area contributed by atoms with Crippen molar-refractivity contribution in [2.24, 2.45) is 0 Å². The molecule has 0 saturated carbocycles. The number of anilines is 1. The Morgan fingerprint density at radius 3 is 2.18 bits per heavy atom. The first-order valence-corrected chi connectivity index (χ1v) is 15.3. The largest absolute Gasteiger partial charge is 0.459 e. The first kappa shape index (κ1) is 30.0. The molecule has 1 saturated heterocycles. The number of esters is 2. The third-order valence-corrected chi connectivity index (χ3v) is 8.78. The molecule has 45 heavy (non-hydrogen) atoms. The van der Waals surface area contributed by atoms with Crippen LogP contribution in [0.15, 0.2) is 102 Å². The zero-order chi connectivity index (χ0) is 31.5. The van der Waals surface area contributed by atoms with E-state index in [0.717, 1.165) is 26.4 Å². The molecule has 2 N–H and O–H groups in total. The molecule has 0 amide bonds. The lowest BCUT2D eigenvalue weighted by Gasteiger charge is -2.19. The SMILES string of the molecule is Cc1ccc(C(=O)OC[C@H]2O[C@H](n3cc(-c4ccc(-c5ccccc5)s4)c(N)nc3=O)C[C@@H]2OC(=O)c2ccc(C)cc2)cc1. The van der Waals surface area contributed by atoms with E-state index in [1.807, 2.05) is 80.6 Å². The summed E-state index contributed by atoms with van der Waals surface area (Å²) in [6.07, 6.45) is -0.742. The van der Waals surface area contributed by atoms with Crippen molar-refractivity contribution in [3.05, 3.63) is 130 Å². The number of hydrogen-bond donors (Lipinski definition) is 1. The molecule has 1 aliphatic heterocycles. The van der Waals surface area contributed by atoms with Gasteiger partial charge in [0, 0.05) is 22.4 Å². The summed E-state index contributed by atoms with van der Waals surface area (Å²) in [4.78, 5) is 44.9. The molecule has 2 aromatic heterocycles. The van der Waals surface area contributed by atoms with Crippen molar-refractivity contribution < 1.29 is 23.8 Å². The summed E-state index contributed by atoms with van der Waals surface area (Å²) in [7, 11) is 0. The molecule has 1 fully saturated rings. The van der Waals surface area contributed by atoms with Crippen LogP contribution >= 0.6 is 11.3 Å². The number of thiophene rings is 1.